The van der Waals surface area contributed by atoms with E-state index in [1.54, 1.807) is 0 Å². The Labute approximate surface area is 195 Å². The van der Waals surface area contributed by atoms with E-state index in [1.807, 2.05) is 24.3 Å². The minimum atomic E-state index is -1.07. The number of hydrogen-bond donors (Lipinski definition) is 1. The van der Waals surface area contributed by atoms with Gasteiger partial charge in [-0.05, 0) is 70.0 Å². The highest BCUT2D eigenvalue weighted by Gasteiger charge is 2.47. The van der Waals surface area contributed by atoms with Crippen molar-refractivity contribution in [1.29, 1.82) is 0 Å². The largest absolute Gasteiger partial charge is 0.488 e. The first-order valence-corrected chi connectivity index (χ1v) is 11.9. The summed E-state index contributed by atoms with van der Waals surface area (Å²) in [6, 6.07) is 7.68. The average molecular weight is 534 g/mol. The van der Waals surface area contributed by atoms with Crippen molar-refractivity contribution in [2.45, 2.75) is 47.9 Å². The number of nitrogens with zero attached hydrogens (tertiary/aromatic N) is 2. The maximum absolute atomic E-state index is 9.70. The van der Waals surface area contributed by atoms with E-state index in [4.69, 9.17) is 4.74 Å². The Balaban J connectivity index is 1.96. The smallest absolute Gasteiger partial charge is 0.373 e. The fourth-order valence-electron chi connectivity index (χ4n) is 5.27. The summed E-state index contributed by atoms with van der Waals surface area (Å²) < 4.78 is 13.6. The third-order valence-corrected chi connectivity index (χ3v) is 8.90. The van der Waals surface area contributed by atoms with E-state index in [2.05, 4.69) is 82.2 Å². The van der Waals surface area contributed by atoms with E-state index in [9.17, 15) is 5.11 Å². The molecule has 0 atom stereocenters. The van der Waals surface area contributed by atoms with Crippen molar-refractivity contribution in [2.75, 3.05) is 6.61 Å². The molecule has 0 saturated heterocycles. The Hall–Kier alpha value is -1.57. The van der Waals surface area contributed by atoms with Crippen LogP contribution >= 0.6 is 31.9 Å². The molecule has 0 aliphatic carbocycles. The first-order chi connectivity index (χ1) is 14.1. The van der Waals surface area contributed by atoms with Crippen LogP contribution in [0, 0.1) is 13.8 Å². The van der Waals surface area contributed by atoms with Crippen LogP contribution in [0.3, 0.4) is 0 Å². The van der Waals surface area contributed by atoms with Gasteiger partial charge in [0.1, 0.15) is 18.1 Å². The SMILES string of the molecule is CC1=C(Br)C(C)=[N+]2C1=C(COc1ccccc1CO)c1c(C)c(Br)c(C)n1[B-]2(C)C. The topological polar surface area (TPSA) is 37.4 Å². The van der Waals surface area contributed by atoms with Gasteiger partial charge >= 0.3 is 6.42 Å². The monoisotopic (exact) mass is 532 g/mol. The van der Waals surface area contributed by atoms with E-state index in [0.29, 0.717) is 6.61 Å². The van der Waals surface area contributed by atoms with Gasteiger partial charge in [-0.1, -0.05) is 18.2 Å². The van der Waals surface area contributed by atoms with Crippen molar-refractivity contribution in [1.82, 2.24) is 4.48 Å². The summed E-state index contributed by atoms with van der Waals surface area (Å²) in [7, 11) is 0. The molecule has 3 heterocycles. The van der Waals surface area contributed by atoms with Gasteiger partial charge in [-0.25, -0.2) is 0 Å². The summed E-state index contributed by atoms with van der Waals surface area (Å²) >= 11 is 7.65. The second-order valence-electron chi connectivity index (χ2n) is 8.74. The van der Waals surface area contributed by atoms with Crippen LogP contribution in [0.5, 0.6) is 5.75 Å². The minimum absolute atomic E-state index is 0.0399. The molecule has 0 bridgehead atoms. The molecule has 0 unspecified atom stereocenters. The van der Waals surface area contributed by atoms with Crippen molar-refractivity contribution >= 4 is 49.6 Å². The predicted molar refractivity (Wildman–Crippen MR) is 132 cm³/mol. The van der Waals surface area contributed by atoms with Gasteiger partial charge < -0.3 is 18.8 Å². The molecule has 0 radical (unpaired) electrons. The van der Waals surface area contributed by atoms with Gasteiger partial charge in [-0.3, -0.25) is 0 Å². The number of halogens is 2. The molecule has 0 saturated carbocycles. The molecule has 2 aliphatic heterocycles. The number of benzene rings is 1. The van der Waals surface area contributed by atoms with Crippen LogP contribution in [0.2, 0.25) is 13.6 Å². The van der Waals surface area contributed by atoms with Crippen molar-refractivity contribution in [3.8, 4) is 5.75 Å². The van der Waals surface area contributed by atoms with E-state index in [-0.39, 0.29) is 6.61 Å². The van der Waals surface area contributed by atoms with Gasteiger partial charge in [-0.15, -0.1) is 13.6 Å². The maximum Gasteiger partial charge on any atom is 0.373 e. The molecule has 4 nitrogen and oxygen atoms in total. The standard InChI is InChI=1S/C23H27BBr2N2O2/c1-13-20(25)15(3)27-22(13)18(12-30-19-10-8-7-9-17(19)11-29)23-14(2)21(26)16(4)28(23)24(27,5)6/h7-10,29H,11-12H2,1-6H3. The first-order valence-electron chi connectivity index (χ1n) is 10.3. The lowest BCUT2D eigenvalue weighted by molar-refractivity contribution is -0.336. The lowest BCUT2D eigenvalue weighted by Gasteiger charge is -2.40. The molecule has 7 heteroatoms. The Bertz CT molecular complexity index is 1170. The zero-order valence-corrected chi connectivity index (χ0v) is 21.5. The van der Waals surface area contributed by atoms with Gasteiger partial charge in [0.15, 0.2) is 5.70 Å². The number of ether oxygens (including phenoxy) is 1. The molecule has 1 N–H and O–H groups in total. The van der Waals surface area contributed by atoms with Crippen LogP contribution in [0.4, 0.5) is 0 Å². The lowest BCUT2D eigenvalue weighted by atomic mass is 9.48. The van der Waals surface area contributed by atoms with E-state index in [0.717, 1.165) is 20.3 Å². The predicted octanol–water partition coefficient (Wildman–Crippen LogP) is 5.87. The highest BCUT2D eigenvalue weighted by molar-refractivity contribution is 9.12. The number of aromatic nitrogens is 1. The van der Waals surface area contributed by atoms with Gasteiger partial charge in [0.25, 0.3) is 0 Å². The Morgan fingerprint density at radius 3 is 2.43 bits per heavy atom. The zero-order chi connectivity index (χ0) is 22.0. The van der Waals surface area contributed by atoms with E-state index < -0.39 is 6.42 Å². The first kappa shape index (κ1) is 21.7. The zero-order valence-electron chi connectivity index (χ0n) is 18.3. The average Bonchev–Trinajstić information content (AvgIpc) is 3.09. The third-order valence-electron chi connectivity index (χ3n) is 6.56. The summed E-state index contributed by atoms with van der Waals surface area (Å²) in [5.74, 6) is 0.723. The Morgan fingerprint density at radius 2 is 1.77 bits per heavy atom. The normalized spacial score (nSPS) is 17.6. The number of aliphatic hydroxyl groups excluding tert-OH is 1. The van der Waals surface area contributed by atoms with E-state index >= 15 is 0 Å². The number of fused-ring (bicyclic) bond motifs is 2. The molecule has 4 rings (SSSR count). The highest BCUT2D eigenvalue weighted by Crippen LogP contribution is 2.45. The molecule has 0 amide bonds. The number of allylic oxidation sites excluding steroid dienone is 2. The summed E-state index contributed by atoms with van der Waals surface area (Å²) in [5.41, 5.74) is 9.35. The van der Waals surface area contributed by atoms with Gasteiger partial charge in [0.05, 0.1) is 16.7 Å². The quantitative estimate of drug-likeness (QED) is 0.499. The second kappa shape index (κ2) is 7.54. The molecule has 0 spiro atoms. The van der Waals surface area contributed by atoms with Gasteiger partial charge in [0.2, 0.25) is 0 Å². The molecular formula is C23H27BBr2N2O2. The summed E-state index contributed by atoms with van der Waals surface area (Å²) in [5, 5.41) is 9.70. The summed E-state index contributed by atoms with van der Waals surface area (Å²) in [6.45, 7) is 13.7. The van der Waals surface area contributed by atoms with Crippen LogP contribution < -0.4 is 4.74 Å². The molecule has 2 aromatic rings. The molecule has 158 valence electrons. The molecule has 2 aliphatic rings. The molecule has 1 aromatic carbocycles. The fraction of sp³-hybridized carbons (Fsp3) is 0.348. The number of para-hydroxylation sites is 1. The second-order valence-corrected chi connectivity index (χ2v) is 10.3. The van der Waals surface area contributed by atoms with Gasteiger partial charge in [-0.2, -0.15) is 0 Å². The highest BCUT2D eigenvalue weighted by atomic mass is 79.9. The van der Waals surface area contributed by atoms with Crippen molar-refractivity contribution in [3.63, 3.8) is 0 Å². The summed E-state index contributed by atoms with van der Waals surface area (Å²) in [4.78, 5) is 0. The van der Waals surface area contributed by atoms with E-state index in [1.165, 1.54) is 39.5 Å². The minimum Gasteiger partial charge on any atom is -0.488 e. The summed E-state index contributed by atoms with van der Waals surface area (Å²) in [6.07, 6.45) is -1.07. The fourth-order valence-corrected chi connectivity index (χ4v) is 6.03. The number of hydrogen-bond acceptors (Lipinski definition) is 2. The molecule has 1 aromatic heterocycles. The van der Waals surface area contributed by atoms with Crippen molar-refractivity contribution in [2.24, 2.45) is 0 Å². The van der Waals surface area contributed by atoms with Crippen molar-refractivity contribution in [3.05, 3.63) is 67.0 Å². The Morgan fingerprint density at radius 1 is 1.10 bits per heavy atom. The molecular weight excluding hydrogens is 507 g/mol. The number of rotatable bonds is 4. The van der Waals surface area contributed by atoms with Crippen LogP contribution in [0.15, 0.2) is 44.5 Å². The number of aliphatic hydroxyl groups is 1. The third kappa shape index (κ3) is 2.93. The molecule has 30 heavy (non-hydrogen) atoms. The Kier molecular flexibility index (Phi) is 5.44. The van der Waals surface area contributed by atoms with Crippen LogP contribution in [0.25, 0.3) is 5.57 Å². The lowest BCUT2D eigenvalue weighted by Crippen LogP contribution is -2.53. The molecule has 0 fully saturated rings. The van der Waals surface area contributed by atoms with Gasteiger partial charge in [0, 0.05) is 28.2 Å². The van der Waals surface area contributed by atoms with Crippen LogP contribution in [0.1, 0.15) is 36.4 Å². The maximum atomic E-state index is 9.70. The van der Waals surface area contributed by atoms with Crippen molar-refractivity contribution < 1.29 is 14.3 Å². The van der Waals surface area contributed by atoms with Crippen LogP contribution in [-0.2, 0) is 6.61 Å². The van der Waals surface area contributed by atoms with Crippen LogP contribution in [-0.4, -0.2) is 32.8 Å².